The Morgan fingerprint density at radius 2 is 1.39 bits per heavy atom. The predicted octanol–water partition coefficient (Wildman–Crippen LogP) is 1.78. The van der Waals surface area contributed by atoms with Crippen LogP contribution in [0.25, 0.3) is 22.8 Å². The van der Waals surface area contributed by atoms with E-state index in [4.69, 9.17) is 0 Å². The van der Waals surface area contributed by atoms with Gasteiger partial charge in [0.2, 0.25) is 5.82 Å². The minimum Gasteiger partial charge on any atom is -0.508 e. The van der Waals surface area contributed by atoms with E-state index in [9.17, 15) is 10.2 Å². The van der Waals surface area contributed by atoms with Crippen molar-refractivity contribution in [1.29, 1.82) is 0 Å². The SMILES string of the molecule is Cc1cc(-c2nnn(C)n2)ccc1O.Cc1cc(-c2nnnn2C)ccc1O. The standard InChI is InChI=1S/2C9H10N4O/c1-6-5-7(3-4-8(6)14)9-10-11-12-13(9)2;1-6-5-7(3-4-8(6)14)9-10-12-13(2)11-9/h2*3-5,14H,1-2H3. The Morgan fingerprint density at radius 1 is 0.786 bits per heavy atom. The molecule has 0 saturated carbocycles. The molecule has 0 spiro atoms. The van der Waals surface area contributed by atoms with Crippen LogP contribution in [0.4, 0.5) is 0 Å². The molecule has 28 heavy (non-hydrogen) atoms. The Kier molecular flexibility index (Phi) is 5.30. The van der Waals surface area contributed by atoms with Crippen molar-refractivity contribution in [2.45, 2.75) is 13.8 Å². The van der Waals surface area contributed by atoms with Gasteiger partial charge in [-0.05, 0) is 77.0 Å². The lowest BCUT2D eigenvalue weighted by atomic mass is 10.1. The molecule has 0 aliphatic rings. The molecule has 0 fully saturated rings. The number of aryl methyl sites for hydroxylation is 4. The third-order valence-corrected chi connectivity index (χ3v) is 4.04. The summed E-state index contributed by atoms with van der Waals surface area (Å²) >= 11 is 0. The number of hydrogen-bond donors (Lipinski definition) is 2. The van der Waals surface area contributed by atoms with Gasteiger partial charge in [0.25, 0.3) is 0 Å². The summed E-state index contributed by atoms with van der Waals surface area (Å²) in [4.78, 5) is 1.40. The second kappa shape index (κ2) is 7.82. The van der Waals surface area contributed by atoms with E-state index in [1.54, 1.807) is 43.0 Å². The van der Waals surface area contributed by atoms with Crippen molar-refractivity contribution in [2.75, 3.05) is 0 Å². The average Bonchev–Trinajstić information content (AvgIpc) is 3.29. The lowest BCUT2D eigenvalue weighted by molar-refractivity contribution is 0.470. The molecule has 4 aromatic rings. The fourth-order valence-electron chi connectivity index (χ4n) is 2.46. The quantitative estimate of drug-likeness (QED) is 0.539. The third-order valence-electron chi connectivity index (χ3n) is 4.04. The highest BCUT2D eigenvalue weighted by Crippen LogP contribution is 2.23. The molecule has 0 bridgehead atoms. The van der Waals surface area contributed by atoms with Crippen LogP contribution in [0.2, 0.25) is 0 Å². The highest BCUT2D eigenvalue weighted by atomic mass is 16.3. The first-order valence-electron chi connectivity index (χ1n) is 8.41. The van der Waals surface area contributed by atoms with E-state index in [-0.39, 0.29) is 11.5 Å². The number of phenolic OH excluding ortho intramolecular Hbond substituents is 2. The largest absolute Gasteiger partial charge is 0.508 e. The van der Waals surface area contributed by atoms with Gasteiger partial charge in [-0.15, -0.1) is 15.3 Å². The smallest absolute Gasteiger partial charge is 0.204 e. The molecule has 2 aromatic heterocycles. The Balaban J connectivity index is 0.000000161. The van der Waals surface area contributed by atoms with E-state index in [1.807, 2.05) is 26.0 Å². The van der Waals surface area contributed by atoms with Crippen LogP contribution in [0.15, 0.2) is 36.4 Å². The van der Waals surface area contributed by atoms with Crippen LogP contribution >= 0.6 is 0 Å². The first-order valence-corrected chi connectivity index (χ1v) is 8.41. The molecule has 2 heterocycles. The minimum absolute atomic E-state index is 0.276. The number of nitrogens with zero attached hydrogens (tertiary/aromatic N) is 8. The molecular formula is C18H20N8O2. The molecule has 0 atom stereocenters. The number of aromatic hydroxyl groups is 2. The molecule has 10 nitrogen and oxygen atoms in total. The number of hydrogen-bond acceptors (Lipinski definition) is 8. The Labute approximate surface area is 161 Å². The van der Waals surface area contributed by atoms with Crippen molar-refractivity contribution in [3.05, 3.63) is 47.5 Å². The van der Waals surface area contributed by atoms with Gasteiger partial charge in [0.15, 0.2) is 5.82 Å². The monoisotopic (exact) mass is 380 g/mol. The van der Waals surface area contributed by atoms with Crippen molar-refractivity contribution in [2.24, 2.45) is 14.1 Å². The van der Waals surface area contributed by atoms with E-state index in [2.05, 4.69) is 30.9 Å². The predicted molar refractivity (Wildman–Crippen MR) is 101 cm³/mol. The number of tetrazole rings is 2. The van der Waals surface area contributed by atoms with Gasteiger partial charge in [-0.25, -0.2) is 4.68 Å². The fraction of sp³-hybridized carbons (Fsp3) is 0.222. The highest BCUT2D eigenvalue weighted by molar-refractivity contribution is 5.58. The van der Waals surface area contributed by atoms with Crippen molar-refractivity contribution in [3.63, 3.8) is 0 Å². The molecule has 0 aliphatic heterocycles. The first-order chi connectivity index (χ1) is 13.3. The molecule has 0 unspecified atom stereocenters. The lowest BCUT2D eigenvalue weighted by Crippen LogP contribution is -1.94. The van der Waals surface area contributed by atoms with E-state index < -0.39 is 0 Å². The Hall–Kier alpha value is -3.82. The summed E-state index contributed by atoms with van der Waals surface area (Å²) in [6.07, 6.45) is 0. The normalized spacial score (nSPS) is 10.4. The van der Waals surface area contributed by atoms with Gasteiger partial charge >= 0.3 is 0 Å². The zero-order valence-electron chi connectivity index (χ0n) is 15.9. The van der Waals surface area contributed by atoms with Crippen LogP contribution in [0.1, 0.15) is 11.1 Å². The van der Waals surface area contributed by atoms with E-state index in [1.165, 1.54) is 4.80 Å². The number of rotatable bonds is 2. The summed E-state index contributed by atoms with van der Waals surface area (Å²) < 4.78 is 1.59. The van der Waals surface area contributed by atoms with Crippen molar-refractivity contribution >= 4 is 0 Å². The van der Waals surface area contributed by atoms with E-state index in [0.717, 1.165) is 22.3 Å². The second-order valence-corrected chi connectivity index (χ2v) is 6.23. The van der Waals surface area contributed by atoms with Crippen LogP contribution in [0.3, 0.4) is 0 Å². The lowest BCUT2D eigenvalue weighted by Gasteiger charge is -2.02. The molecule has 4 rings (SSSR count). The maximum absolute atomic E-state index is 9.35. The van der Waals surface area contributed by atoms with Crippen LogP contribution < -0.4 is 0 Å². The molecule has 2 aromatic carbocycles. The summed E-state index contributed by atoms with van der Waals surface area (Å²) in [5.41, 5.74) is 3.36. The average molecular weight is 380 g/mol. The van der Waals surface area contributed by atoms with Gasteiger partial charge in [0, 0.05) is 18.2 Å². The zero-order chi connectivity index (χ0) is 20.3. The molecule has 0 radical (unpaired) electrons. The van der Waals surface area contributed by atoms with Crippen molar-refractivity contribution < 1.29 is 10.2 Å². The van der Waals surface area contributed by atoms with Gasteiger partial charge in [-0.2, -0.15) is 4.80 Å². The summed E-state index contributed by atoms with van der Waals surface area (Å²) in [7, 11) is 3.49. The zero-order valence-corrected chi connectivity index (χ0v) is 15.9. The molecule has 144 valence electrons. The molecule has 2 N–H and O–H groups in total. The van der Waals surface area contributed by atoms with Gasteiger partial charge in [0.1, 0.15) is 11.5 Å². The Bertz CT molecular complexity index is 1100. The van der Waals surface area contributed by atoms with Crippen molar-refractivity contribution in [3.8, 4) is 34.3 Å². The molecular weight excluding hydrogens is 360 g/mol. The van der Waals surface area contributed by atoms with E-state index in [0.29, 0.717) is 11.6 Å². The van der Waals surface area contributed by atoms with Gasteiger partial charge in [-0.1, -0.05) is 0 Å². The maximum Gasteiger partial charge on any atom is 0.204 e. The van der Waals surface area contributed by atoms with Crippen LogP contribution in [-0.2, 0) is 14.1 Å². The second-order valence-electron chi connectivity index (χ2n) is 6.23. The highest BCUT2D eigenvalue weighted by Gasteiger charge is 2.07. The van der Waals surface area contributed by atoms with Crippen LogP contribution in [0, 0.1) is 13.8 Å². The number of benzene rings is 2. The molecule has 0 amide bonds. The Morgan fingerprint density at radius 3 is 1.89 bits per heavy atom. The maximum atomic E-state index is 9.35. The summed E-state index contributed by atoms with van der Waals surface area (Å²) in [5, 5.41) is 41.5. The summed E-state index contributed by atoms with van der Waals surface area (Å²) in [6, 6.07) is 10.5. The molecule has 0 saturated heterocycles. The molecule has 0 aliphatic carbocycles. The number of aromatic nitrogens is 8. The first kappa shape index (κ1) is 19.0. The summed E-state index contributed by atoms with van der Waals surface area (Å²) in [6.45, 7) is 3.66. The van der Waals surface area contributed by atoms with Crippen LogP contribution in [-0.4, -0.2) is 50.6 Å². The molecule has 10 heteroatoms. The van der Waals surface area contributed by atoms with Gasteiger partial charge in [-0.3, -0.25) is 0 Å². The summed E-state index contributed by atoms with van der Waals surface area (Å²) in [5.74, 6) is 1.81. The fourth-order valence-corrected chi connectivity index (χ4v) is 2.46. The van der Waals surface area contributed by atoms with Gasteiger partial charge < -0.3 is 10.2 Å². The number of phenols is 2. The third kappa shape index (κ3) is 4.11. The van der Waals surface area contributed by atoms with Crippen LogP contribution in [0.5, 0.6) is 11.5 Å². The van der Waals surface area contributed by atoms with E-state index >= 15 is 0 Å². The van der Waals surface area contributed by atoms with Crippen molar-refractivity contribution in [1.82, 2.24) is 40.4 Å². The minimum atomic E-state index is 0.276. The van der Waals surface area contributed by atoms with Gasteiger partial charge in [0.05, 0.1) is 7.05 Å². The topological polar surface area (TPSA) is 128 Å².